The van der Waals surface area contributed by atoms with Gasteiger partial charge in [-0.2, -0.15) is 0 Å². The second-order valence-electron chi connectivity index (χ2n) is 6.36. The molecule has 0 saturated carbocycles. The summed E-state index contributed by atoms with van der Waals surface area (Å²) in [6.45, 7) is 1.38. The zero-order valence-electron chi connectivity index (χ0n) is 15.5. The van der Waals surface area contributed by atoms with Gasteiger partial charge in [0.15, 0.2) is 0 Å². The van der Waals surface area contributed by atoms with Gasteiger partial charge in [-0.25, -0.2) is 0 Å². The Morgan fingerprint density at radius 1 is 1.11 bits per heavy atom. The van der Waals surface area contributed by atoms with Crippen molar-refractivity contribution in [1.82, 2.24) is 4.90 Å². The monoisotopic (exact) mass is 385 g/mol. The van der Waals surface area contributed by atoms with Crippen LogP contribution in [0.4, 0.5) is 0 Å². The number of hydrogen-bond acceptors (Lipinski definition) is 5. The van der Waals surface area contributed by atoms with Crippen LogP contribution in [0.2, 0.25) is 0 Å². The fourth-order valence-electron chi connectivity index (χ4n) is 3.08. The first-order valence-corrected chi connectivity index (χ1v) is 9.87. The molecule has 6 heteroatoms. The molecule has 3 rings (SSSR count). The third kappa shape index (κ3) is 4.83. The van der Waals surface area contributed by atoms with Crippen LogP contribution in [0.1, 0.15) is 16.8 Å². The predicted molar refractivity (Wildman–Crippen MR) is 107 cm³/mol. The Balaban J connectivity index is 1.61. The molecule has 2 aromatic rings. The Morgan fingerprint density at radius 2 is 1.89 bits per heavy atom. The van der Waals surface area contributed by atoms with Crippen molar-refractivity contribution < 1.29 is 19.1 Å². The maximum absolute atomic E-state index is 12.7. The summed E-state index contributed by atoms with van der Waals surface area (Å²) in [6.07, 6.45) is 0.898. The summed E-state index contributed by atoms with van der Waals surface area (Å²) in [5.41, 5.74) is 2.77. The van der Waals surface area contributed by atoms with Crippen molar-refractivity contribution in [3.63, 3.8) is 0 Å². The van der Waals surface area contributed by atoms with Gasteiger partial charge in [0.25, 0.3) is 5.91 Å². The second kappa shape index (κ2) is 8.95. The van der Waals surface area contributed by atoms with Crippen molar-refractivity contribution in [2.75, 3.05) is 33.1 Å². The van der Waals surface area contributed by atoms with E-state index in [0.717, 1.165) is 29.8 Å². The molecule has 0 aromatic heterocycles. The van der Waals surface area contributed by atoms with Crippen LogP contribution in [0.15, 0.2) is 48.5 Å². The number of nitrogens with zero attached hydrogens (tertiary/aromatic N) is 1. The van der Waals surface area contributed by atoms with E-state index in [1.807, 2.05) is 53.4 Å². The molecule has 0 spiro atoms. The van der Waals surface area contributed by atoms with Gasteiger partial charge in [0.2, 0.25) is 0 Å². The van der Waals surface area contributed by atoms with E-state index in [9.17, 15) is 9.59 Å². The smallest absolute Gasteiger partial charge is 0.315 e. The lowest BCUT2D eigenvalue weighted by Crippen LogP contribution is -2.29. The molecule has 1 amide bonds. The number of rotatable bonds is 6. The first kappa shape index (κ1) is 19.3. The first-order chi connectivity index (χ1) is 13.1. The van der Waals surface area contributed by atoms with Gasteiger partial charge in [0, 0.05) is 23.9 Å². The average Bonchev–Trinajstić information content (AvgIpc) is 3.20. The molecule has 0 N–H and O–H groups in total. The maximum Gasteiger partial charge on any atom is 0.315 e. The van der Waals surface area contributed by atoms with Crippen LogP contribution in [0.3, 0.4) is 0 Å². The number of likely N-dealkylation sites (tertiary alicyclic amines) is 1. The molecule has 0 radical (unpaired) electrons. The minimum atomic E-state index is -0.224. The van der Waals surface area contributed by atoms with E-state index in [1.54, 1.807) is 18.9 Å². The Labute approximate surface area is 163 Å². The predicted octanol–water partition coefficient (Wildman–Crippen LogP) is 3.48. The third-order valence-electron chi connectivity index (χ3n) is 4.63. The molecular formula is C21H23NO4S. The van der Waals surface area contributed by atoms with E-state index in [-0.39, 0.29) is 17.1 Å². The number of carbonyl (C=O) groups is 2. The van der Waals surface area contributed by atoms with Crippen molar-refractivity contribution >= 4 is 23.6 Å². The Morgan fingerprint density at radius 3 is 2.59 bits per heavy atom. The fourth-order valence-corrected chi connectivity index (χ4v) is 4.13. The van der Waals surface area contributed by atoms with Gasteiger partial charge in [-0.15, -0.1) is 11.8 Å². The molecule has 0 aliphatic carbocycles. The van der Waals surface area contributed by atoms with Crippen LogP contribution in [-0.4, -0.2) is 55.1 Å². The van der Waals surface area contributed by atoms with Crippen LogP contribution in [-0.2, 0) is 9.53 Å². The molecule has 1 unspecified atom stereocenters. The highest BCUT2D eigenvalue weighted by Gasteiger charge is 2.27. The van der Waals surface area contributed by atoms with Gasteiger partial charge in [-0.1, -0.05) is 24.3 Å². The molecule has 1 aliphatic heterocycles. The highest BCUT2D eigenvalue weighted by atomic mass is 32.2. The number of carbonyl (C=O) groups excluding carboxylic acids is 2. The Hall–Kier alpha value is -2.47. The van der Waals surface area contributed by atoms with Crippen molar-refractivity contribution in [1.29, 1.82) is 0 Å². The lowest BCUT2D eigenvalue weighted by Gasteiger charge is -2.16. The summed E-state index contributed by atoms with van der Waals surface area (Å²) >= 11 is 1.56. The molecule has 0 bridgehead atoms. The number of esters is 1. The zero-order chi connectivity index (χ0) is 19.2. The van der Waals surface area contributed by atoms with Crippen molar-refractivity contribution in [2.45, 2.75) is 11.7 Å². The minimum Gasteiger partial charge on any atom is -0.497 e. The van der Waals surface area contributed by atoms with Crippen molar-refractivity contribution in [3.8, 4) is 16.9 Å². The molecule has 1 heterocycles. The van der Waals surface area contributed by atoms with Gasteiger partial charge in [0.05, 0.1) is 20.0 Å². The number of amides is 1. The van der Waals surface area contributed by atoms with E-state index in [2.05, 4.69) is 4.74 Å². The van der Waals surface area contributed by atoms with Crippen LogP contribution in [0.25, 0.3) is 11.1 Å². The van der Waals surface area contributed by atoms with Gasteiger partial charge >= 0.3 is 5.97 Å². The maximum atomic E-state index is 12.7. The van der Waals surface area contributed by atoms with Crippen LogP contribution < -0.4 is 4.74 Å². The third-order valence-corrected chi connectivity index (χ3v) is 5.89. The van der Waals surface area contributed by atoms with Gasteiger partial charge in [-0.3, -0.25) is 9.59 Å². The van der Waals surface area contributed by atoms with Crippen LogP contribution >= 0.6 is 11.8 Å². The van der Waals surface area contributed by atoms with E-state index in [1.165, 1.54) is 7.11 Å². The highest BCUT2D eigenvalue weighted by molar-refractivity contribution is 8.00. The molecule has 1 saturated heterocycles. The average molecular weight is 385 g/mol. The van der Waals surface area contributed by atoms with Gasteiger partial charge in [0.1, 0.15) is 5.75 Å². The van der Waals surface area contributed by atoms with E-state index in [4.69, 9.17) is 4.74 Å². The Kier molecular flexibility index (Phi) is 6.40. The van der Waals surface area contributed by atoms with E-state index < -0.39 is 0 Å². The van der Waals surface area contributed by atoms with Gasteiger partial charge in [-0.05, 0) is 41.8 Å². The summed E-state index contributed by atoms with van der Waals surface area (Å²) in [5.74, 6) is 0.949. The molecule has 142 valence electrons. The second-order valence-corrected chi connectivity index (χ2v) is 7.65. The highest BCUT2D eigenvalue weighted by Crippen LogP contribution is 2.26. The van der Waals surface area contributed by atoms with Crippen molar-refractivity contribution in [2.24, 2.45) is 0 Å². The molecule has 5 nitrogen and oxygen atoms in total. The number of thioether (sulfide) groups is 1. The topological polar surface area (TPSA) is 55.8 Å². The number of ether oxygens (including phenoxy) is 2. The van der Waals surface area contributed by atoms with Crippen LogP contribution in [0.5, 0.6) is 5.75 Å². The van der Waals surface area contributed by atoms with Crippen molar-refractivity contribution in [3.05, 3.63) is 54.1 Å². The lowest BCUT2D eigenvalue weighted by atomic mass is 10.0. The zero-order valence-corrected chi connectivity index (χ0v) is 16.3. The standard InChI is InChI=1S/C21H23NO4S/c1-25-18-5-3-4-17(12-18)15-6-8-16(9-7-15)21(24)22-11-10-19(13-22)27-14-20(23)26-2/h3-9,12,19H,10-11,13-14H2,1-2H3. The summed E-state index contributed by atoms with van der Waals surface area (Å²) in [6, 6.07) is 15.5. The molecule has 1 fully saturated rings. The quantitative estimate of drug-likeness (QED) is 0.713. The summed E-state index contributed by atoms with van der Waals surface area (Å²) < 4.78 is 9.93. The largest absolute Gasteiger partial charge is 0.497 e. The fraction of sp³-hybridized carbons (Fsp3) is 0.333. The molecular weight excluding hydrogens is 362 g/mol. The molecule has 1 aliphatic rings. The van der Waals surface area contributed by atoms with Crippen LogP contribution in [0, 0.1) is 0 Å². The SMILES string of the molecule is COC(=O)CSC1CCN(C(=O)c2ccc(-c3cccc(OC)c3)cc2)C1. The number of hydrogen-bond donors (Lipinski definition) is 0. The molecule has 1 atom stereocenters. The van der Waals surface area contributed by atoms with E-state index in [0.29, 0.717) is 17.9 Å². The number of benzene rings is 2. The van der Waals surface area contributed by atoms with Gasteiger partial charge < -0.3 is 14.4 Å². The lowest BCUT2D eigenvalue weighted by molar-refractivity contribution is -0.137. The summed E-state index contributed by atoms with van der Waals surface area (Å²) in [4.78, 5) is 25.9. The minimum absolute atomic E-state index is 0.0355. The summed E-state index contributed by atoms with van der Waals surface area (Å²) in [5, 5.41) is 0.282. The number of methoxy groups -OCH3 is 2. The summed E-state index contributed by atoms with van der Waals surface area (Å²) in [7, 11) is 3.04. The normalized spacial score (nSPS) is 16.2. The first-order valence-electron chi connectivity index (χ1n) is 8.83. The van der Waals surface area contributed by atoms with E-state index >= 15 is 0 Å². The molecule has 2 aromatic carbocycles. The molecule has 27 heavy (non-hydrogen) atoms. The Bertz CT molecular complexity index is 806.